The first-order valence-electron chi connectivity index (χ1n) is 4.92. The molecule has 0 N–H and O–H groups in total. The van der Waals surface area contributed by atoms with Crippen molar-refractivity contribution in [2.75, 3.05) is 16.8 Å². The van der Waals surface area contributed by atoms with Crippen LogP contribution in [0.2, 0.25) is 0 Å². The van der Waals surface area contributed by atoms with Crippen LogP contribution in [0, 0.1) is 11.3 Å². The third kappa shape index (κ3) is 2.01. The third-order valence-corrected chi connectivity index (χ3v) is 5.75. The summed E-state index contributed by atoms with van der Waals surface area (Å²) in [5.41, 5.74) is 0.601. The van der Waals surface area contributed by atoms with Crippen molar-refractivity contribution in [3.05, 3.63) is 0 Å². The lowest BCUT2D eigenvalue weighted by Gasteiger charge is -2.35. The van der Waals surface area contributed by atoms with Crippen LogP contribution >= 0.6 is 27.7 Å². The van der Waals surface area contributed by atoms with Gasteiger partial charge in [0.2, 0.25) is 0 Å². The molecule has 1 aliphatic heterocycles. The number of rotatable bonds is 4. The highest BCUT2D eigenvalue weighted by molar-refractivity contribution is 9.09. The minimum atomic E-state index is 0.601. The molecule has 0 spiro atoms. The Bertz CT molecular complexity index is 118. The minimum absolute atomic E-state index is 0.601. The Morgan fingerprint density at radius 2 is 2.08 bits per heavy atom. The van der Waals surface area contributed by atoms with Gasteiger partial charge in [0.25, 0.3) is 0 Å². The lowest BCUT2D eigenvalue weighted by molar-refractivity contribution is 0.198. The van der Waals surface area contributed by atoms with E-state index in [1.165, 1.54) is 36.1 Å². The second-order valence-electron chi connectivity index (χ2n) is 3.76. The number of hydrogen-bond acceptors (Lipinski definition) is 1. The number of halogens is 1. The Kier molecular flexibility index (Phi) is 4.45. The molecule has 1 rings (SSSR count). The minimum Gasteiger partial charge on any atom is -0.162 e. The van der Waals surface area contributed by atoms with Crippen LogP contribution in [0.1, 0.15) is 33.1 Å². The summed E-state index contributed by atoms with van der Waals surface area (Å²) in [5.74, 6) is 3.75. The highest BCUT2D eigenvalue weighted by atomic mass is 79.9. The summed E-state index contributed by atoms with van der Waals surface area (Å²) in [5, 5.41) is 1.19. The molecule has 0 aromatic rings. The summed E-state index contributed by atoms with van der Waals surface area (Å²) >= 11 is 5.83. The quantitative estimate of drug-likeness (QED) is 0.682. The molecule has 1 atom stereocenters. The highest BCUT2D eigenvalue weighted by Gasteiger charge is 2.36. The smallest absolute Gasteiger partial charge is 0.00907 e. The Balaban J connectivity index is 2.61. The molecule has 0 aromatic carbocycles. The lowest BCUT2D eigenvalue weighted by Crippen LogP contribution is -2.31. The topological polar surface area (TPSA) is 0 Å². The van der Waals surface area contributed by atoms with E-state index < -0.39 is 0 Å². The van der Waals surface area contributed by atoms with Gasteiger partial charge in [-0.25, -0.2) is 0 Å². The predicted molar refractivity (Wildman–Crippen MR) is 62.2 cm³/mol. The largest absolute Gasteiger partial charge is 0.162 e. The maximum atomic E-state index is 3.69. The molecule has 1 unspecified atom stereocenters. The van der Waals surface area contributed by atoms with E-state index in [0.29, 0.717) is 5.41 Å². The van der Waals surface area contributed by atoms with E-state index in [1.54, 1.807) is 0 Å². The Hall–Kier alpha value is 0.830. The SMILES string of the molecule is CCC(CC)(CBr)C1CCSC1. The van der Waals surface area contributed by atoms with Gasteiger partial charge in [-0.3, -0.25) is 0 Å². The molecule has 0 nitrogen and oxygen atoms in total. The van der Waals surface area contributed by atoms with E-state index in [2.05, 4.69) is 41.5 Å². The maximum Gasteiger partial charge on any atom is 0.00907 e. The van der Waals surface area contributed by atoms with Crippen molar-refractivity contribution < 1.29 is 0 Å². The summed E-state index contributed by atoms with van der Waals surface area (Å²) in [6.45, 7) is 4.68. The normalized spacial score (nSPS) is 24.8. The molecular weight excluding hydrogens is 232 g/mol. The van der Waals surface area contributed by atoms with Crippen molar-refractivity contribution in [2.45, 2.75) is 33.1 Å². The molecule has 1 fully saturated rings. The van der Waals surface area contributed by atoms with Crippen LogP contribution in [0.25, 0.3) is 0 Å². The standard InChI is InChI=1S/C10H19BrS/c1-3-10(4-2,8-11)9-5-6-12-7-9/h9H,3-8H2,1-2H3. The third-order valence-electron chi connectivity index (χ3n) is 3.47. The molecule has 0 radical (unpaired) electrons. The van der Waals surface area contributed by atoms with Crippen LogP contribution < -0.4 is 0 Å². The van der Waals surface area contributed by atoms with E-state index >= 15 is 0 Å². The second-order valence-corrected chi connectivity index (χ2v) is 5.47. The van der Waals surface area contributed by atoms with E-state index in [0.717, 1.165) is 5.92 Å². The van der Waals surface area contributed by atoms with Gasteiger partial charge >= 0.3 is 0 Å². The molecule has 0 saturated carbocycles. The van der Waals surface area contributed by atoms with Crippen LogP contribution in [-0.4, -0.2) is 16.8 Å². The van der Waals surface area contributed by atoms with Gasteiger partial charge in [0.15, 0.2) is 0 Å². The van der Waals surface area contributed by atoms with Crippen LogP contribution in [-0.2, 0) is 0 Å². The van der Waals surface area contributed by atoms with Gasteiger partial charge in [-0.2, -0.15) is 11.8 Å². The monoisotopic (exact) mass is 250 g/mol. The van der Waals surface area contributed by atoms with Gasteiger partial charge in [0.05, 0.1) is 0 Å². The molecule has 72 valence electrons. The van der Waals surface area contributed by atoms with E-state index in [-0.39, 0.29) is 0 Å². The molecule has 0 bridgehead atoms. The average molecular weight is 251 g/mol. The Morgan fingerprint density at radius 3 is 2.42 bits per heavy atom. The van der Waals surface area contributed by atoms with Crippen molar-refractivity contribution >= 4 is 27.7 Å². The molecule has 1 aliphatic rings. The Morgan fingerprint density at radius 1 is 1.42 bits per heavy atom. The molecule has 2 heteroatoms. The van der Waals surface area contributed by atoms with E-state index in [4.69, 9.17) is 0 Å². The van der Waals surface area contributed by atoms with Gasteiger partial charge in [-0.1, -0.05) is 29.8 Å². The second kappa shape index (κ2) is 4.90. The zero-order valence-electron chi connectivity index (χ0n) is 8.11. The van der Waals surface area contributed by atoms with Gasteiger partial charge in [-0.15, -0.1) is 0 Å². The first-order valence-corrected chi connectivity index (χ1v) is 7.20. The molecule has 1 heterocycles. The first kappa shape index (κ1) is 10.9. The van der Waals surface area contributed by atoms with Gasteiger partial charge in [0, 0.05) is 5.33 Å². The highest BCUT2D eigenvalue weighted by Crippen LogP contribution is 2.44. The van der Waals surface area contributed by atoms with Crippen LogP contribution in [0.5, 0.6) is 0 Å². The lowest BCUT2D eigenvalue weighted by atomic mass is 9.73. The fraction of sp³-hybridized carbons (Fsp3) is 1.00. The molecule has 12 heavy (non-hydrogen) atoms. The molecule has 0 amide bonds. The van der Waals surface area contributed by atoms with Crippen LogP contribution in [0.3, 0.4) is 0 Å². The van der Waals surface area contributed by atoms with Gasteiger partial charge < -0.3 is 0 Å². The van der Waals surface area contributed by atoms with Crippen molar-refractivity contribution in [3.63, 3.8) is 0 Å². The number of thioether (sulfide) groups is 1. The molecule has 0 aromatic heterocycles. The van der Waals surface area contributed by atoms with Crippen molar-refractivity contribution in [2.24, 2.45) is 11.3 Å². The fourth-order valence-corrected chi connectivity index (χ4v) is 4.82. The van der Waals surface area contributed by atoms with E-state index in [9.17, 15) is 0 Å². The summed E-state index contributed by atoms with van der Waals surface area (Å²) in [6.07, 6.45) is 4.11. The van der Waals surface area contributed by atoms with Gasteiger partial charge in [0.1, 0.15) is 0 Å². The number of hydrogen-bond donors (Lipinski definition) is 0. The first-order chi connectivity index (χ1) is 5.79. The summed E-state index contributed by atoms with van der Waals surface area (Å²) in [6, 6.07) is 0. The molecule has 1 saturated heterocycles. The Labute approximate surface area is 89.0 Å². The molecular formula is C10H19BrS. The summed E-state index contributed by atoms with van der Waals surface area (Å²) in [4.78, 5) is 0. The van der Waals surface area contributed by atoms with Crippen molar-refractivity contribution in [3.8, 4) is 0 Å². The van der Waals surface area contributed by atoms with Crippen molar-refractivity contribution in [1.82, 2.24) is 0 Å². The van der Waals surface area contributed by atoms with E-state index in [1.807, 2.05) is 0 Å². The summed E-state index contributed by atoms with van der Waals surface area (Å²) < 4.78 is 0. The van der Waals surface area contributed by atoms with Crippen LogP contribution in [0.15, 0.2) is 0 Å². The van der Waals surface area contributed by atoms with Crippen molar-refractivity contribution in [1.29, 1.82) is 0 Å². The summed E-state index contributed by atoms with van der Waals surface area (Å²) in [7, 11) is 0. The average Bonchev–Trinajstić information content (AvgIpc) is 2.62. The zero-order chi connectivity index (χ0) is 9.03. The number of alkyl halides is 1. The maximum absolute atomic E-state index is 3.69. The predicted octanol–water partition coefficient (Wildman–Crippen LogP) is 3.94. The zero-order valence-corrected chi connectivity index (χ0v) is 10.5. The van der Waals surface area contributed by atoms with Gasteiger partial charge in [-0.05, 0) is 42.1 Å². The molecule has 0 aliphatic carbocycles. The fourth-order valence-electron chi connectivity index (χ4n) is 2.14. The van der Waals surface area contributed by atoms with Crippen LogP contribution in [0.4, 0.5) is 0 Å².